The Bertz CT molecular complexity index is 659. The van der Waals surface area contributed by atoms with Gasteiger partial charge in [0.2, 0.25) is 0 Å². The third-order valence-corrected chi connectivity index (χ3v) is 3.10. The van der Waals surface area contributed by atoms with Crippen LogP contribution in [0.2, 0.25) is 0 Å². The molecular formula is C14H12IN3O3. The molecule has 6 nitrogen and oxygen atoms in total. The van der Waals surface area contributed by atoms with Gasteiger partial charge >= 0.3 is 5.97 Å². The number of halogens is 1. The van der Waals surface area contributed by atoms with Gasteiger partial charge in [0, 0.05) is 15.5 Å². The van der Waals surface area contributed by atoms with Crippen molar-refractivity contribution in [2.45, 2.75) is 6.92 Å². The number of hydrogen-bond acceptors (Lipinski definition) is 5. The number of ether oxygens (including phenoxy) is 1. The molecule has 0 fully saturated rings. The van der Waals surface area contributed by atoms with Crippen LogP contribution in [0.1, 0.15) is 16.2 Å². The van der Waals surface area contributed by atoms with E-state index in [0.717, 1.165) is 3.57 Å². The summed E-state index contributed by atoms with van der Waals surface area (Å²) in [5, 5.41) is 2.64. The number of benzene rings is 1. The summed E-state index contributed by atoms with van der Waals surface area (Å²) in [6.07, 6.45) is 2.78. The first-order valence-electron chi connectivity index (χ1n) is 6.06. The average molecular weight is 397 g/mol. The van der Waals surface area contributed by atoms with Crippen LogP contribution in [0.25, 0.3) is 0 Å². The van der Waals surface area contributed by atoms with Gasteiger partial charge in [0.05, 0.1) is 11.9 Å². The summed E-state index contributed by atoms with van der Waals surface area (Å²) in [6.45, 7) is 1.39. The Balaban J connectivity index is 1.86. The molecule has 0 radical (unpaired) electrons. The van der Waals surface area contributed by atoms with Crippen molar-refractivity contribution < 1.29 is 14.3 Å². The monoisotopic (exact) mass is 397 g/mol. The lowest BCUT2D eigenvalue weighted by atomic mass is 10.3. The number of rotatable bonds is 4. The van der Waals surface area contributed by atoms with Crippen molar-refractivity contribution in [1.82, 2.24) is 9.97 Å². The fourth-order valence-electron chi connectivity index (χ4n) is 1.47. The van der Waals surface area contributed by atoms with Gasteiger partial charge in [0.15, 0.2) is 12.3 Å². The lowest BCUT2D eigenvalue weighted by Gasteiger charge is -2.06. The number of amides is 1. The van der Waals surface area contributed by atoms with Crippen molar-refractivity contribution in [3.63, 3.8) is 0 Å². The molecule has 0 aliphatic heterocycles. The Hall–Kier alpha value is -2.03. The molecular weight excluding hydrogens is 385 g/mol. The zero-order valence-corrected chi connectivity index (χ0v) is 13.3. The summed E-state index contributed by atoms with van der Waals surface area (Å²) >= 11 is 2.14. The van der Waals surface area contributed by atoms with Crippen molar-refractivity contribution >= 4 is 40.2 Å². The highest BCUT2D eigenvalue weighted by Crippen LogP contribution is 2.12. The van der Waals surface area contributed by atoms with Crippen LogP contribution in [0.3, 0.4) is 0 Å². The number of anilines is 1. The van der Waals surface area contributed by atoms with E-state index in [1.165, 1.54) is 12.4 Å². The SMILES string of the molecule is Cc1cnc(C(=O)OCC(=O)Nc2cccc(I)c2)cn1. The maximum atomic E-state index is 11.7. The molecule has 21 heavy (non-hydrogen) atoms. The third-order valence-electron chi connectivity index (χ3n) is 2.43. The predicted octanol–water partition coefficient (Wildman–Crippen LogP) is 2.19. The minimum absolute atomic E-state index is 0.0719. The molecule has 1 aromatic carbocycles. The van der Waals surface area contributed by atoms with E-state index in [9.17, 15) is 9.59 Å². The quantitative estimate of drug-likeness (QED) is 0.632. The van der Waals surface area contributed by atoms with E-state index in [4.69, 9.17) is 4.74 Å². The number of aryl methyl sites for hydroxylation is 1. The summed E-state index contributed by atoms with van der Waals surface area (Å²) < 4.78 is 5.87. The molecule has 2 aromatic rings. The molecule has 1 N–H and O–H groups in total. The molecule has 0 saturated heterocycles. The molecule has 1 amide bonds. The number of hydrogen-bond donors (Lipinski definition) is 1. The maximum Gasteiger partial charge on any atom is 0.359 e. The van der Waals surface area contributed by atoms with E-state index < -0.39 is 11.9 Å². The number of nitrogens with zero attached hydrogens (tertiary/aromatic N) is 2. The molecule has 7 heteroatoms. The second-order valence-corrected chi connectivity index (χ2v) is 5.42. The van der Waals surface area contributed by atoms with Crippen LogP contribution >= 0.6 is 22.6 Å². The van der Waals surface area contributed by atoms with E-state index in [0.29, 0.717) is 11.4 Å². The van der Waals surface area contributed by atoms with E-state index in [1.807, 2.05) is 18.2 Å². The first kappa shape index (κ1) is 15.4. The lowest BCUT2D eigenvalue weighted by Crippen LogP contribution is -2.21. The Labute approximate surface area is 135 Å². The van der Waals surface area contributed by atoms with E-state index in [-0.39, 0.29) is 12.3 Å². The highest BCUT2D eigenvalue weighted by atomic mass is 127. The molecule has 1 heterocycles. The second-order valence-electron chi connectivity index (χ2n) is 4.18. The van der Waals surface area contributed by atoms with Gasteiger partial charge in [-0.2, -0.15) is 0 Å². The molecule has 0 aliphatic carbocycles. The normalized spacial score (nSPS) is 10.0. The number of nitrogens with one attached hydrogen (secondary N) is 1. The number of carbonyl (C=O) groups is 2. The molecule has 0 bridgehead atoms. The number of esters is 1. The predicted molar refractivity (Wildman–Crippen MR) is 84.8 cm³/mol. The van der Waals surface area contributed by atoms with Crippen LogP contribution < -0.4 is 5.32 Å². The topological polar surface area (TPSA) is 81.2 Å². The Morgan fingerprint density at radius 1 is 1.29 bits per heavy atom. The van der Waals surface area contributed by atoms with Crippen LogP contribution in [0, 0.1) is 10.5 Å². The fraction of sp³-hybridized carbons (Fsp3) is 0.143. The number of aromatic nitrogens is 2. The molecule has 0 saturated carbocycles. The van der Waals surface area contributed by atoms with Crippen molar-refractivity contribution in [3.05, 3.63) is 51.6 Å². The van der Waals surface area contributed by atoms with Crippen LogP contribution in [0.5, 0.6) is 0 Å². The molecule has 0 atom stereocenters. The van der Waals surface area contributed by atoms with Crippen LogP contribution in [-0.4, -0.2) is 28.5 Å². The van der Waals surface area contributed by atoms with Gasteiger partial charge in [0.1, 0.15) is 0 Å². The first-order valence-corrected chi connectivity index (χ1v) is 7.13. The van der Waals surface area contributed by atoms with Crippen molar-refractivity contribution in [2.75, 3.05) is 11.9 Å². The average Bonchev–Trinajstić information content (AvgIpc) is 2.45. The van der Waals surface area contributed by atoms with E-state index >= 15 is 0 Å². The van der Waals surface area contributed by atoms with Crippen LogP contribution in [0.15, 0.2) is 36.7 Å². The summed E-state index contributed by atoms with van der Waals surface area (Å²) in [5.74, 6) is -1.09. The van der Waals surface area contributed by atoms with Crippen LogP contribution in [-0.2, 0) is 9.53 Å². The minimum atomic E-state index is -0.680. The lowest BCUT2D eigenvalue weighted by molar-refractivity contribution is -0.119. The standard InChI is InChI=1S/C14H12IN3O3/c1-9-6-17-12(7-16-9)14(20)21-8-13(19)18-11-4-2-3-10(15)5-11/h2-7H,8H2,1H3,(H,18,19). The zero-order valence-electron chi connectivity index (χ0n) is 11.2. The van der Waals surface area contributed by atoms with Crippen molar-refractivity contribution in [1.29, 1.82) is 0 Å². The molecule has 0 unspecified atom stereocenters. The van der Waals surface area contributed by atoms with Gasteiger partial charge in [-0.15, -0.1) is 0 Å². The maximum absolute atomic E-state index is 11.7. The molecule has 0 aliphatic rings. The summed E-state index contributed by atoms with van der Waals surface area (Å²) in [6, 6.07) is 7.30. The minimum Gasteiger partial charge on any atom is -0.451 e. The molecule has 2 rings (SSSR count). The van der Waals surface area contributed by atoms with Gasteiger partial charge in [-0.05, 0) is 47.7 Å². The highest BCUT2D eigenvalue weighted by molar-refractivity contribution is 14.1. The second kappa shape index (κ2) is 7.11. The van der Waals surface area contributed by atoms with E-state index in [2.05, 4.69) is 37.9 Å². The number of carbonyl (C=O) groups excluding carboxylic acids is 2. The Morgan fingerprint density at radius 2 is 2.10 bits per heavy atom. The van der Waals surface area contributed by atoms with Gasteiger partial charge in [-0.3, -0.25) is 9.78 Å². The largest absolute Gasteiger partial charge is 0.451 e. The van der Waals surface area contributed by atoms with Crippen molar-refractivity contribution in [3.8, 4) is 0 Å². The Morgan fingerprint density at radius 3 is 2.76 bits per heavy atom. The van der Waals surface area contributed by atoms with Crippen LogP contribution in [0.4, 0.5) is 5.69 Å². The van der Waals surface area contributed by atoms with Gasteiger partial charge in [0.25, 0.3) is 5.91 Å². The van der Waals surface area contributed by atoms with Gasteiger partial charge in [-0.25, -0.2) is 9.78 Å². The molecule has 1 aromatic heterocycles. The first-order chi connectivity index (χ1) is 10.0. The fourth-order valence-corrected chi connectivity index (χ4v) is 2.01. The van der Waals surface area contributed by atoms with Gasteiger partial charge < -0.3 is 10.1 Å². The third kappa shape index (κ3) is 4.78. The summed E-state index contributed by atoms with van der Waals surface area (Å²) in [4.78, 5) is 31.2. The van der Waals surface area contributed by atoms with Crippen molar-refractivity contribution in [2.24, 2.45) is 0 Å². The van der Waals surface area contributed by atoms with E-state index in [1.54, 1.807) is 13.0 Å². The molecule has 108 valence electrons. The Kier molecular flexibility index (Phi) is 5.20. The van der Waals surface area contributed by atoms with Gasteiger partial charge in [-0.1, -0.05) is 6.07 Å². The summed E-state index contributed by atoms with van der Waals surface area (Å²) in [5.41, 5.74) is 1.42. The zero-order chi connectivity index (χ0) is 15.2. The highest BCUT2D eigenvalue weighted by Gasteiger charge is 2.12. The smallest absolute Gasteiger partial charge is 0.359 e. The molecule has 0 spiro atoms. The summed E-state index contributed by atoms with van der Waals surface area (Å²) in [7, 11) is 0.